The third-order valence-corrected chi connectivity index (χ3v) is 3.25. The van der Waals surface area contributed by atoms with Crippen molar-refractivity contribution in [3.05, 3.63) is 29.8 Å². The third-order valence-electron chi connectivity index (χ3n) is 3.25. The topological polar surface area (TPSA) is 40.5 Å². The van der Waals surface area contributed by atoms with Gasteiger partial charge in [0, 0.05) is 12.2 Å². The van der Waals surface area contributed by atoms with Crippen LogP contribution in [0.2, 0.25) is 0 Å². The SMILES string of the molecule is CC(C)c1ccccc1N1CCC(O)CC1=O. The Hall–Kier alpha value is -1.35. The van der Waals surface area contributed by atoms with Crippen LogP contribution in [0.3, 0.4) is 0 Å². The van der Waals surface area contributed by atoms with Crippen molar-refractivity contribution in [1.82, 2.24) is 0 Å². The summed E-state index contributed by atoms with van der Waals surface area (Å²) in [5, 5.41) is 9.48. The normalized spacial score (nSPS) is 21.1. The van der Waals surface area contributed by atoms with E-state index in [1.807, 2.05) is 23.1 Å². The molecular weight excluding hydrogens is 214 g/mol. The Balaban J connectivity index is 2.31. The summed E-state index contributed by atoms with van der Waals surface area (Å²) in [6.45, 7) is 4.87. The van der Waals surface area contributed by atoms with Gasteiger partial charge >= 0.3 is 0 Å². The predicted molar refractivity (Wildman–Crippen MR) is 68.1 cm³/mol. The first kappa shape index (κ1) is 12.1. The minimum atomic E-state index is -0.468. The molecule has 1 aromatic rings. The third kappa shape index (κ3) is 2.50. The summed E-state index contributed by atoms with van der Waals surface area (Å²) < 4.78 is 0. The number of hydrogen-bond donors (Lipinski definition) is 1. The van der Waals surface area contributed by atoms with Crippen molar-refractivity contribution in [2.45, 2.75) is 38.7 Å². The molecule has 0 aromatic heterocycles. The number of carbonyl (C=O) groups is 1. The van der Waals surface area contributed by atoms with E-state index in [1.165, 1.54) is 5.56 Å². The molecule has 1 N–H and O–H groups in total. The zero-order chi connectivity index (χ0) is 12.4. The Morgan fingerprint density at radius 2 is 2.06 bits per heavy atom. The van der Waals surface area contributed by atoms with Crippen LogP contribution in [0, 0.1) is 0 Å². The lowest BCUT2D eigenvalue weighted by Gasteiger charge is -2.31. The number of para-hydroxylation sites is 1. The van der Waals surface area contributed by atoms with Gasteiger partial charge in [0.15, 0.2) is 0 Å². The summed E-state index contributed by atoms with van der Waals surface area (Å²) in [6.07, 6.45) is 0.440. The lowest BCUT2D eigenvalue weighted by Crippen LogP contribution is -2.41. The number of amides is 1. The summed E-state index contributed by atoms with van der Waals surface area (Å²) in [5.74, 6) is 0.419. The molecule has 0 radical (unpaired) electrons. The molecule has 1 saturated heterocycles. The number of aliphatic hydroxyl groups excluding tert-OH is 1. The van der Waals surface area contributed by atoms with Crippen molar-refractivity contribution in [3.8, 4) is 0 Å². The smallest absolute Gasteiger partial charge is 0.229 e. The van der Waals surface area contributed by atoms with Crippen LogP contribution in [0.1, 0.15) is 38.2 Å². The molecule has 1 fully saturated rings. The Morgan fingerprint density at radius 3 is 2.71 bits per heavy atom. The highest BCUT2D eigenvalue weighted by molar-refractivity contribution is 5.95. The highest BCUT2D eigenvalue weighted by Crippen LogP contribution is 2.29. The van der Waals surface area contributed by atoms with E-state index in [-0.39, 0.29) is 12.3 Å². The molecule has 3 nitrogen and oxygen atoms in total. The standard InChI is InChI=1S/C14H19NO2/c1-10(2)12-5-3-4-6-13(12)15-8-7-11(16)9-14(15)17/h3-6,10-11,16H,7-9H2,1-2H3. The fraction of sp³-hybridized carbons (Fsp3) is 0.500. The molecule has 17 heavy (non-hydrogen) atoms. The number of nitrogens with zero attached hydrogens (tertiary/aromatic N) is 1. The summed E-state index contributed by atoms with van der Waals surface area (Å²) in [6, 6.07) is 8.02. The Labute approximate surface area is 102 Å². The van der Waals surface area contributed by atoms with Crippen LogP contribution in [0.4, 0.5) is 5.69 Å². The summed E-state index contributed by atoms with van der Waals surface area (Å²) in [4.78, 5) is 13.8. The van der Waals surface area contributed by atoms with E-state index in [0.29, 0.717) is 18.9 Å². The average Bonchev–Trinajstić information content (AvgIpc) is 2.29. The monoisotopic (exact) mass is 233 g/mol. The van der Waals surface area contributed by atoms with Gasteiger partial charge in [-0.1, -0.05) is 32.0 Å². The number of benzene rings is 1. The number of carbonyl (C=O) groups excluding carboxylic acids is 1. The predicted octanol–water partition coefficient (Wildman–Crippen LogP) is 2.30. The number of anilines is 1. The molecule has 0 bridgehead atoms. The van der Waals surface area contributed by atoms with Gasteiger partial charge in [0.1, 0.15) is 0 Å². The van der Waals surface area contributed by atoms with E-state index >= 15 is 0 Å². The van der Waals surface area contributed by atoms with Gasteiger partial charge < -0.3 is 10.0 Å². The molecule has 0 aliphatic carbocycles. The van der Waals surface area contributed by atoms with Crippen molar-refractivity contribution in [3.63, 3.8) is 0 Å². The van der Waals surface area contributed by atoms with Gasteiger partial charge in [-0.25, -0.2) is 0 Å². The van der Waals surface area contributed by atoms with Gasteiger partial charge in [-0.05, 0) is 24.0 Å². The Kier molecular flexibility index (Phi) is 3.48. The molecule has 92 valence electrons. The van der Waals surface area contributed by atoms with Crippen molar-refractivity contribution >= 4 is 11.6 Å². The minimum absolute atomic E-state index is 0.0249. The van der Waals surface area contributed by atoms with E-state index in [2.05, 4.69) is 19.9 Å². The van der Waals surface area contributed by atoms with E-state index in [9.17, 15) is 9.90 Å². The van der Waals surface area contributed by atoms with Crippen molar-refractivity contribution < 1.29 is 9.90 Å². The van der Waals surface area contributed by atoms with E-state index in [1.54, 1.807) is 0 Å². The van der Waals surface area contributed by atoms with Crippen molar-refractivity contribution in [2.24, 2.45) is 0 Å². The Bertz CT molecular complexity index is 414. The first-order valence-electron chi connectivity index (χ1n) is 6.17. The molecule has 1 amide bonds. The molecular formula is C14H19NO2. The maximum absolute atomic E-state index is 11.9. The maximum atomic E-state index is 11.9. The molecule has 1 heterocycles. The molecule has 1 aliphatic heterocycles. The second-order valence-corrected chi connectivity index (χ2v) is 4.91. The molecule has 1 aromatic carbocycles. The summed E-state index contributed by atoms with van der Waals surface area (Å²) >= 11 is 0. The van der Waals surface area contributed by atoms with Gasteiger partial charge in [0.2, 0.25) is 5.91 Å². The first-order chi connectivity index (χ1) is 8.09. The largest absolute Gasteiger partial charge is 0.393 e. The highest BCUT2D eigenvalue weighted by atomic mass is 16.3. The molecule has 0 saturated carbocycles. The quantitative estimate of drug-likeness (QED) is 0.851. The molecule has 3 heteroatoms. The lowest BCUT2D eigenvalue weighted by molar-refractivity contribution is -0.122. The van der Waals surface area contributed by atoms with Crippen LogP contribution in [0.5, 0.6) is 0 Å². The van der Waals surface area contributed by atoms with Crippen molar-refractivity contribution in [1.29, 1.82) is 0 Å². The van der Waals surface area contributed by atoms with Crippen LogP contribution in [0.15, 0.2) is 24.3 Å². The van der Waals surface area contributed by atoms with Crippen LogP contribution < -0.4 is 4.90 Å². The van der Waals surface area contributed by atoms with Gasteiger partial charge in [-0.2, -0.15) is 0 Å². The molecule has 0 spiro atoms. The van der Waals surface area contributed by atoms with E-state index in [0.717, 1.165) is 5.69 Å². The Morgan fingerprint density at radius 1 is 1.35 bits per heavy atom. The van der Waals surface area contributed by atoms with Gasteiger partial charge in [-0.15, -0.1) is 0 Å². The number of hydrogen-bond acceptors (Lipinski definition) is 2. The number of piperidine rings is 1. The maximum Gasteiger partial charge on any atom is 0.229 e. The van der Waals surface area contributed by atoms with Gasteiger partial charge in [0.05, 0.1) is 12.5 Å². The van der Waals surface area contributed by atoms with Crippen LogP contribution in [-0.4, -0.2) is 23.7 Å². The fourth-order valence-electron chi connectivity index (χ4n) is 2.29. The van der Waals surface area contributed by atoms with Crippen molar-refractivity contribution in [2.75, 3.05) is 11.4 Å². The van der Waals surface area contributed by atoms with Crippen LogP contribution >= 0.6 is 0 Å². The zero-order valence-electron chi connectivity index (χ0n) is 10.4. The van der Waals surface area contributed by atoms with Gasteiger partial charge in [0.25, 0.3) is 0 Å². The molecule has 1 aliphatic rings. The molecule has 1 atom stereocenters. The summed E-state index contributed by atoms with van der Waals surface area (Å²) in [7, 11) is 0. The fourth-order valence-corrected chi connectivity index (χ4v) is 2.29. The first-order valence-corrected chi connectivity index (χ1v) is 6.17. The van der Waals surface area contributed by atoms with Crippen LogP contribution in [0.25, 0.3) is 0 Å². The van der Waals surface area contributed by atoms with Gasteiger partial charge in [-0.3, -0.25) is 4.79 Å². The zero-order valence-corrected chi connectivity index (χ0v) is 10.4. The number of rotatable bonds is 2. The highest BCUT2D eigenvalue weighted by Gasteiger charge is 2.26. The van der Waals surface area contributed by atoms with E-state index < -0.39 is 6.10 Å². The second kappa shape index (κ2) is 4.88. The average molecular weight is 233 g/mol. The summed E-state index contributed by atoms with van der Waals surface area (Å²) in [5.41, 5.74) is 2.19. The number of aliphatic hydroxyl groups is 1. The van der Waals surface area contributed by atoms with Crippen LogP contribution in [-0.2, 0) is 4.79 Å². The second-order valence-electron chi connectivity index (χ2n) is 4.91. The lowest BCUT2D eigenvalue weighted by atomic mass is 9.98. The van der Waals surface area contributed by atoms with E-state index in [4.69, 9.17) is 0 Å². The molecule has 2 rings (SSSR count). The molecule has 1 unspecified atom stereocenters. The minimum Gasteiger partial charge on any atom is -0.393 e.